The highest BCUT2D eigenvalue weighted by Crippen LogP contribution is 2.23. The van der Waals surface area contributed by atoms with Gasteiger partial charge in [-0.2, -0.15) is 0 Å². The van der Waals surface area contributed by atoms with Crippen LogP contribution in [0, 0.1) is 11.7 Å². The summed E-state index contributed by atoms with van der Waals surface area (Å²) in [4.78, 5) is 14.2. The van der Waals surface area contributed by atoms with Crippen LogP contribution in [0.4, 0.5) is 15.8 Å². The summed E-state index contributed by atoms with van der Waals surface area (Å²) >= 11 is 0. The summed E-state index contributed by atoms with van der Waals surface area (Å²) in [6.07, 6.45) is -0.0570. The Balaban J connectivity index is 2.16. The Hall–Kier alpha value is -1.71. The number of piperazine rings is 1. The smallest absolute Gasteiger partial charge is 0.221 e. The third-order valence-corrected chi connectivity index (χ3v) is 4.65. The maximum Gasteiger partial charge on any atom is 0.221 e. The van der Waals surface area contributed by atoms with Gasteiger partial charge in [0.05, 0.1) is 12.6 Å². The Morgan fingerprint density at radius 3 is 2.79 bits per heavy atom. The molecule has 0 aromatic heterocycles. The summed E-state index contributed by atoms with van der Waals surface area (Å²) in [5.74, 6) is -6.51. The molecular formula is C20H33FN4O3S. The van der Waals surface area contributed by atoms with E-state index in [2.05, 4.69) is 0 Å². The number of carbonyl (C=O) groups is 1. The average molecular weight is 445 g/mol. The number of carbonyl (C=O) groups excluding carboxylic acids is 1. The molecule has 29 heavy (non-hydrogen) atoms. The lowest BCUT2D eigenvalue weighted by atomic mass is 10.2. The molecular weight excluding hydrogens is 395 g/mol. The summed E-state index contributed by atoms with van der Waals surface area (Å²) in [5, 5.41) is 0.113. The molecule has 2 N–H and O–H groups in total. The maximum atomic E-state index is 14.8. The molecule has 1 fully saturated rings. The van der Waals surface area contributed by atoms with Gasteiger partial charge in [0.25, 0.3) is 0 Å². The summed E-state index contributed by atoms with van der Waals surface area (Å²) in [7, 11) is -5.63. The van der Waals surface area contributed by atoms with Gasteiger partial charge in [-0.3, -0.25) is 9.69 Å². The number of nitrogens with one attached hydrogen (secondary N) is 2. The van der Waals surface area contributed by atoms with Crippen molar-refractivity contribution in [1.82, 2.24) is 9.62 Å². The predicted octanol–water partition coefficient (Wildman–Crippen LogP) is 2.26. The van der Waals surface area contributed by atoms with Crippen molar-refractivity contribution in [3.05, 3.63) is 23.9 Å². The van der Waals surface area contributed by atoms with Crippen LogP contribution in [0.1, 0.15) is 52.7 Å². The predicted molar refractivity (Wildman–Crippen MR) is 115 cm³/mol. The monoisotopic (exact) mass is 444 g/mol. The van der Waals surface area contributed by atoms with Crippen LogP contribution in [-0.2, 0) is 14.8 Å². The number of sulfonamides is 1. The van der Waals surface area contributed by atoms with E-state index < -0.39 is 96.1 Å². The van der Waals surface area contributed by atoms with Gasteiger partial charge in [-0.1, -0.05) is 13.7 Å². The number of halogens is 1. The minimum Gasteiger partial charge on any atom is -0.369 e. The lowest BCUT2D eigenvalue weighted by Gasteiger charge is -2.36. The second-order valence-electron chi connectivity index (χ2n) is 6.06. The molecule has 7 nitrogen and oxygen atoms in total. The zero-order valence-corrected chi connectivity index (χ0v) is 16.5. The van der Waals surface area contributed by atoms with Crippen molar-refractivity contribution in [2.24, 2.45) is 5.89 Å². The highest BCUT2D eigenvalue weighted by atomic mass is 32.2. The Labute approximate surface area is 196 Å². The van der Waals surface area contributed by atoms with Crippen LogP contribution in [0.15, 0.2) is 18.1 Å². The first kappa shape index (κ1) is 9.62. The first-order valence-corrected chi connectivity index (χ1v) is 10.1. The molecule has 1 amide bonds. The topological polar surface area (TPSA) is 81.8 Å². The fraction of sp³-hybridized carbons (Fsp3) is 0.650. The second kappa shape index (κ2) is 10.9. The van der Waals surface area contributed by atoms with E-state index in [0.717, 1.165) is 11.8 Å². The van der Waals surface area contributed by atoms with E-state index >= 15 is 0 Å². The molecule has 1 aromatic carbocycles. The van der Waals surface area contributed by atoms with Crippen molar-refractivity contribution in [3.8, 4) is 0 Å². The molecule has 0 aliphatic carbocycles. The number of anilines is 2. The second-order valence-corrected chi connectivity index (χ2v) is 7.47. The number of rotatable bonds is 10. The van der Waals surface area contributed by atoms with E-state index in [1.54, 1.807) is 4.90 Å². The zero-order valence-electron chi connectivity index (χ0n) is 31.7. The van der Waals surface area contributed by atoms with Gasteiger partial charge in [0.1, 0.15) is 7.23 Å². The Bertz CT molecular complexity index is 1350. The summed E-state index contributed by atoms with van der Waals surface area (Å²) in [5.41, 5.74) is -5.54. The van der Waals surface area contributed by atoms with Gasteiger partial charge in [0.2, 0.25) is 15.9 Å². The number of unbranched alkanes of at least 4 members (excludes halogenated alkanes) is 1. The molecule has 2 unspecified atom stereocenters. The number of benzene rings is 1. The fourth-order valence-corrected chi connectivity index (χ4v) is 3.16. The van der Waals surface area contributed by atoms with E-state index in [-0.39, 0.29) is 42.5 Å². The van der Waals surface area contributed by atoms with Crippen LogP contribution in [0.5, 0.6) is 0 Å². The molecule has 0 spiro atoms. The maximum absolute atomic E-state index is 14.8. The fourth-order valence-electron chi connectivity index (χ4n) is 2.47. The minimum absolute atomic E-state index is 0.0872. The molecule has 0 bridgehead atoms. The van der Waals surface area contributed by atoms with Crippen LogP contribution in [0.25, 0.3) is 0 Å². The molecule has 0 saturated carbocycles. The van der Waals surface area contributed by atoms with Crippen LogP contribution < -0.4 is 14.9 Å². The Morgan fingerprint density at radius 1 is 1.41 bits per heavy atom. The SMILES string of the molecule is [2H]c1c(F)c([2H])c(N2C([2H])CN(CCCCN([2H])S(=O)(=O)C([2H])([2H])C([2H])(C([2H])([2H])[2H])C([2H])([2H])[2H])CC2[2H])c([2H])c1N([2H])C(C)=O. The molecule has 0 radical (unpaired) electrons. The highest BCUT2D eigenvalue weighted by Gasteiger charge is 2.18. The van der Waals surface area contributed by atoms with Gasteiger partial charge in [-0.25, -0.2) is 17.5 Å². The Morgan fingerprint density at radius 2 is 2.14 bits per heavy atom. The van der Waals surface area contributed by atoms with Gasteiger partial charge >= 0.3 is 0 Å². The molecule has 1 aromatic rings. The largest absolute Gasteiger partial charge is 0.369 e. The first-order valence-electron chi connectivity index (χ1n) is 16.7. The number of hydrogen-bond donors (Lipinski definition) is 2. The van der Waals surface area contributed by atoms with Crippen LogP contribution >= 0.6 is 0 Å². The van der Waals surface area contributed by atoms with Crippen molar-refractivity contribution in [2.75, 3.05) is 55.1 Å². The Kier molecular flexibility index (Phi) is 3.61. The lowest BCUT2D eigenvalue weighted by Crippen LogP contribution is -2.46. The number of hydrogen-bond acceptors (Lipinski definition) is 5. The van der Waals surface area contributed by atoms with Crippen molar-refractivity contribution in [2.45, 2.75) is 33.5 Å². The van der Waals surface area contributed by atoms with Gasteiger partial charge in [-0.15, -0.1) is 0 Å². The summed E-state index contributed by atoms with van der Waals surface area (Å²) < 4.78 is 165. The van der Waals surface area contributed by atoms with Crippen molar-refractivity contribution in [3.63, 3.8) is 0 Å². The zero-order chi connectivity index (χ0) is 35.2. The van der Waals surface area contributed by atoms with Crippen molar-refractivity contribution < 1.29 is 39.6 Å². The highest BCUT2D eigenvalue weighted by molar-refractivity contribution is 7.89. The van der Waals surface area contributed by atoms with Gasteiger partial charge in [0, 0.05) is 63.3 Å². The lowest BCUT2D eigenvalue weighted by molar-refractivity contribution is -0.114. The molecule has 1 aliphatic heterocycles. The van der Waals surface area contributed by atoms with Gasteiger partial charge < -0.3 is 10.2 Å². The molecule has 1 saturated heterocycles. The molecule has 1 heterocycles. The third-order valence-electron chi connectivity index (χ3n) is 3.67. The standard InChI is InChI=1S/C20H33FN4O3S/c1-16(2)15-29(27,28)22-6-4-5-7-24-8-10-25(11-9-24)20-13-18(21)12-19(14-20)23-17(3)26/h12-14,16,22H,4-11,15H2,1-3H3,(H,23,26)/i1D3,2D3,10D,11D,12D,13D,14D,15D2,16D/hD2. The van der Waals surface area contributed by atoms with Gasteiger partial charge in [-0.05, 0) is 43.4 Å². The van der Waals surface area contributed by atoms with E-state index in [0.29, 0.717) is 0 Å². The van der Waals surface area contributed by atoms with Crippen LogP contribution in [0.3, 0.4) is 0 Å². The number of amides is 1. The van der Waals surface area contributed by atoms with Gasteiger partial charge in [0.15, 0.2) is 1.41 Å². The first-order chi connectivity index (χ1) is 20.2. The van der Waals surface area contributed by atoms with E-state index in [1.807, 2.05) is 0 Å². The van der Waals surface area contributed by atoms with Crippen LogP contribution in [0.2, 0.25) is 2.82 Å². The summed E-state index contributed by atoms with van der Waals surface area (Å²) in [6.45, 7) is -10.6. The van der Waals surface area contributed by atoms with Crippen molar-refractivity contribution >= 4 is 27.3 Å². The quantitative estimate of drug-likeness (QED) is 0.541. The molecule has 164 valence electrons. The molecule has 9 heteroatoms. The van der Waals surface area contributed by atoms with Crippen LogP contribution in [-0.4, -0.2) is 64.2 Å². The normalized spacial score (nSPS) is 30.7. The number of nitrogens with zero attached hydrogens (tertiary/aromatic N) is 2. The molecule has 1 aliphatic rings. The minimum atomic E-state index is -5.63. The molecule has 2 atom stereocenters. The third kappa shape index (κ3) is 8.67. The van der Waals surface area contributed by atoms with E-state index in [4.69, 9.17) is 22.0 Å². The molecule has 2 rings (SSSR count). The summed E-state index contributed by atoms with van der Waals surface area (Å²) in [6, 6.07) is -2.76. The average Bonchev–Trinajstić information content (AvgIpc) is 2.89. The van der Waals surface area contributed by atoms with E-state index in [1.165, 1.54) is 0 Å². The van der Waals surface area contributed by atoms with Crippen molar-refractivity contribution in [1.29, 1.82) is 0 Å². The van der Waals surface area contributed by atoms with E-state index in [9.17, 15) is 17.6 Å².